The molecular formula is C28H16S2. The molecule has 0 atom stereocenters. The van der Waals surface area contributed by atoms with Gasteiger partial charge in [-0.1, -0.05) is 66.7 Å². The zero-order valence-electron chi connectivity index (χ0n) is 16.1. The molecule has 7 aromatic rings. The van der Waals surface area contributed by atoms with Gasteiger partial charge >= 0.3 is 0 Å². The molecule has 0 aliphatic carbocycles. The van der Waals surface area contributed by atoms with E-state index in [4.69, 9.17) is 0 Å². The standard InChI is InChI=1S/C28H16S2/c1-2-6-18-14-22-15-19(9-10-20(22)13-17(18)5-1)21-11-12-24-26(16-21)30-27-23-7-3-4-8-25(23)29-28(24)27/h1-16H. The van der Waals surface area contributed by atoms with E-state index >= 15 is 0 Å². The van der Waals surface area contributed by atoms with Gasteiger partial charge in [-0.2, -0.15) is 0 Å². The van der Waals surface area contributed by atoms with Crippen LogP contribution in [0.3, 0.4) is 0 Å². The van der Waals surface area contributed by atoms with Gasteiger partial charge in [0.2, 0.25) is 0 Å². The summed E-state index contributed by atoms with van der Waals surface area (Å²) < 4.78 is 5.60. The zero-order valence-corrected chi connectivity index (χ0v) is 17.7. The summed E-state index contributed by atoms with van der Waals surface area (Å²) in [5, 5.41) is 7.95. The quantitative estimate of drug-likeness (QED) is 0.234. The van der Waals surface area contributed by atoms with Gasteiger partial charge in [0.15, 0.2) is 0 Å². The third-order valence-electron chi connectivity index (χ3n) is 6.03. The van der Waals surface area contributed by atoms with Crippen LogP contribution in [0.25, 0.3) is 62.2 Å². The van der Waals surface area contributed by atoms with Crippen molar-refractivity contribution in [3.8, 4) is 11.1 Å². The second-order valence-corrected chi connectivity index (χ2v) is 9.94. The Morgan fingerprint density at radius 2 is 1.00 bits per heavy atom. The average molecular weight is 417 g/mol. The first-order chi connectivity index (χ1) is 14.8. The summed E-state index contributed by atoms with van der Waals surface area (Å²) in [6, 6.07) is 35.7. The highest BCUT2D eigenvalue weighted by atomic mass is 32.1. The van der Waals surface area contributed by atoms with Crippen LogP contribution in [0.2, 0.25) is 0 Å². The first-order valence-corrected chi connectivity index (χ1v) is 11.7. The summed E-state index contributed by atoms with van der Waals surface area (Å²) in [7, 11) is 0. The SMILES string of the molecule is c1ccc2cc3cc(-c4ccc5c(c4)sc4c6ccccc6sc54)ccc3cc2c1. The Hall–Kier alpha value is -3.20. The Kier molecular flexibility index (Phi) is 3.40. The van der Waals surface area contributed by atoms with Gasteiger partial charge in [-0.15, -0.1) is 22.7 Å². The van der Waals surface area contributed by atoms with Crippen LogP contribution < -0.4 is 0 Å². The van der Waals surface area contributed by atoms with E-state index in [1.807, 2.05) is 22.7 Å². The molecule has 30 heavy (non-hydrogen) atoms. The molecule has 2 heterocycles. The van der Waals surface area contributed by atoms with E-state index < -0.39 is 0 Å². The summed E-state index contributed by atoms with van der Waals surface area (Å²) in [6.07, 6.45) is 0. The minimum atomic E-state index is 1.28. The maximum Gasteiger partial charge on any atom is 0.0542 e. The predicted molar refractivity (Wildman–Crippen MR) is 135 cm³/mol. The molecule has 0 nitrogen and oxygen atoms in total. The molecular weight excluding hydrogens is 400 g/mol. The highest BCUT2D eigenvalue weighted by molar-refractivity contribution is 7.36. The smallest absolute Gasteiger partial charge is 0.0542 e. The van der Waals surface area contributed by atoms with Crippen molar-refractivity contribution >= 4 is 73.8 Å². The van der Waals surface area contributed by atoms with Crippen LogP contribution in [0.4, 0.5) is 0 Å². The van der Waals surface area contributed by atoms with E-state index in [0.717, 1.165) is 0 Å². The van der Waals surface area contributed by atoms with E-state index in [9.17, 15) is 0 Å². The lowest BCUT2D eigenvalue weighted by Gasteiger charge is -2.07. The molecule has 0 N–H and O–H groups in total. The Morgan fingerprint density at radius 1 is 0.400 bits per heavy atom. The first kappa shape index (κ1) is 16.6. The predicted octanol–water partition coefficient (Wildman–Crippen LogP) is 9.24. The molecule has 0 fully saturated rings. The van der Waals surface area contributed by atoms with E-state index in [1.54, 1.807) is 0 Å². The Morgan fingerprint density at radius 3 is 1.87 bits per heavy atom. The molecule has 0 radical (unpaired) electrons. The molecule has 0 bridgehead atoms. The molecule has 0 aliphatic heterocycles. The van der Waals surface area contributed by atoms with Gasteiger partial charge < -0.3 is 0 Å². The van der Waals surface area contributed by atoms with E-state index in [2.05, 4.69) is 97.1 Å². The number of benzene rings is 5. The number of hydrogen-bond donors (Lipinski definition) is 0. The van der Waals surface area contributed by atoms with Crippen LogP contribution >= 0.6 is 22.7 Å². The summed E-state index contributed by atoms with van der Waals surface area (Å²) in [4.78, 5) is 0. The monoisotopic (exact) mass is 416 g/mol. The molecule has 0 saturated heterocycles. The van der Waals surface area contributed by atoms with Crippen molar-refractivity contribution in [2.75, 3.05) is 0 Å². The van der Waals surface area contributed by atoms with Crippen molar-refractivity contribution in [2.45, 2.75) is 0 Å². The van der Waals surface area contributed by atoms with Crippen LogP contribution in [0.5, 0.6) is 0 Å². The summed E-state index contributed by atoms with van der Waals surface area (Å²) in [5.41, 5.74) is 2.57. The molecule has 0 saturated carbocycles. The fraction of sp³-hybridized carbons (Fsp3) is 0. The Labute approximate surface area is 181 Å². The Bertz CT molecular complexity index is 1750. The number of fused-ring (bicyclic) bond motifs is 7. The van der Waals surface area contributed by atoms with Gasteiger partial charge in [0.05, 0.1) is 9.40 Å². The lowest BCUT2D eigenvalue weighted by Crippen LogP contribution is -1.80. The lowest BCUT2D eigenvalue weighted by molar-refractivity contribution is 1.70. The average Bonchev–Trinajstić information content (AvgIpc) is 3.33. The maximum absolute atomic E-state index is 2.36. The third kappa shape index (κ3) is 2.38. The fourth-order valence-corrected chi connectivity index (χ4v) is 7.20. The van der Waals surface area contributed by atoms with Crippen molar-refractivity contribution in [2.24, 2.45) is 0 Å². The van der Waals surface area contributed by atoms with Gasteiger partial charge in [-0.05, 0) is 63.0 Å². The summed E-state index contributed by atoms with van der Waals surface area (Å²) in [6.45, 7) is 0. The van der Waals surface area contributed by atoms with Crippen molar-refractivity contribution in [3.05, 3.63) is 97.1 Å². The highest BCUT2D eigenvalue weighted by Gasteiger charge is 2.12. The van der Waals surface area contributed by atoms with Crippen LogP contribution in [-0.4, -0.2) is 0 Å². The highest BCUT2D eigenvalue weighted by Crippen LogP contribution is 2.45. The molecule has 0 aliphatic rings. The molecule has 5 aromatic carbocycles. The van der Waals surface area contributed by atoms with Gasteiger partial charge in [-0.25, -0.2) is 0 Å². The minimum Gasteiger partial charge on any atom is -0.134 e. The largest absolute Gasteiger partial charge is 0.134 e. The topological polar surface area (TPSA) is 0 Å². The first-order valence-electron chi connectivity index (χ1n) is 10.1. The lowest BCUT2D eigenvalue weighted by atomic mass is 9.98. The molecule has 0 amide bonds. The van der Waals surface area contributed by atoms with Gasteiger partial charge in [0.1, 0.15) is 0 Å². The molecule has 2 aromatic heterocycles. The molecule has 2 heteroatoms. The van der Waals surface area contributed by atoms with Gasteiger partial charge in [-0.3, -0.25) is 0 Å². The molecule has 0 unspecified atom stereocenters. The normalized spacial score (nSPS) is 12.0. The second-order valence-electron chi connectivity index (χ2n) is 7.83. The minimum absolute atomic E-state index is 1.28. The molecule has 7 rings (SSSR count). The van der Waals surface area contributed by atoms with E-state index in [0.29, 0.717) is 0 Å². The summed E-state index contributed by atoms with van der Waals surface area (Å²) in [5.74, 6) is 0. The van der Waals surface area contributed by atoms with Crippen molar-refractivity contribution < 1.29 is 0 Å². The van der Waals surface area contributed by atoms with Crippen LogP contribution in [-0.2, 0) is 0 Å². The van der Waals surface area contributed by atoms with Crippen LogP contribution in [0.1, 0.15) is 0 Å². The third-order valence-corrected chi connectivity index (χ3v) is 8.55. The van der Waals surface area contributed by atoms with Crippen molar-refractivity contribution in [1.82, 2.24) is 0 Å². The maximum atomic E-state index is 2.36. The van der Waals surface area contributed by atoms with Crippen LogP contribution in [0.15, 0.2) is 97.1 Å². The summed E-state index contributed by atoms with van der Waals surface area (Å²) >= 11 is 3.84. The van der Waals surface area contributed by atoms with Gasteiger partial charge in [0, 0.05) is 20.2 Å². The van der Waals surface area contributed by atoms with Gasteiger partial charge in [0.25, 0.3) is 0 Å². The second kappa shape index (κ2) is 6.15. The van der Waals surface area contributed by atoms with E-state index in [-0.39, 0.29) is 0 Å². The molecule has 140 valence electrons. The molecule has 0 spiro atoms. The number of hydrogen-bond acceptors (Lipinski definition) is 2. The number of rotatable bonds is 1. The Balaban J connectivity index is 1.42. The van der Waals surface area contributed by atoms with Crippen molar-refractivity contribution in [1.29, 1.82) is 0 Å². The van der Waals surface area contributed by atoms with E-state index in [1.165, 1.54) is 62.2 Å². The number of thiophene rings is 2. The van der Waals surface area contributed by atoms with Crippen LogP contribution in [0, 0.1) is 0 Å². The van der Waals surface area contributed by atoms with Crippen molar-refractivity contribution in [3.63, 3.8) is 0 Å². The fourth-order valence-electron chi connectivity index (χ4n) is 4.50. The zero-order chi connectivity index (χ0) is 19.7.